The zero-order valence-electron chi connectivity index (χ0n) is 11.5. The van der Waals surface area contributed by atoms with Gasteiger partial charge in [-0.2, -0.15) is 0 Å². The smallest absolute Gasteiger partial charge is 0.0802 e. The summed E-state index contributed by atoms with van der Waals surface area (Å²) in [5.74, 6) is 0. The number of aryl methyl sites for hydroxylation is 1. The Kier molecular flexibility index (Phi) is 3.39. The third kappa shape index (κ3) is 2.38. The van der Waals surface area contributed by atoms with Crippen LogP contribution in [0.5, 0.6) is 0 Å². The highest BCUT2D eigenvalue weighted by Gasteiger charge is 2.14. The number of aromatic nitrogens is 3. The predicted molar refractivity (Wildman–Crippen MR) is 79.4 cm³/mol. The monoisotopic (exact) mass is 264 g/mol. The Balaban J connectivity index is 2.04. The Morgan fingerprint density at radius 2 is 1.85 bits per heavy atom. The van der Waals surface area contributed by atoms with E-state index in [9.17, 15) is 0 Å². The van der Waals surface area contributed by atoms with Crippen LogP contribution >= 0.6 is 0 Å². The number of hydrogen-bond donors (Lipinski definition) is 1. The fourth-order valence-electron chi connectivity index (χ4n) is 2.28. The molecule has 100 valence electrons. The molecule has 2 aromatic heterocycles. The number of fused-ring (bicyclic) bond motifs is 1. The molecule has 0 aliphatic rings. The second kappa shape index (κ2) is 5.35. The Morgan fingerprint density at radius 3 is 2.60 bits per heavy atom. The number of para-hydroxylation sites is 1. The normalized spacial score (nSPS) is 12.5. The number of nitrogens with one attached hydrogen (secondary N) is 1. The zero-order chi connectivity index (χ0) is 13.9. The van der Waals surface area contributed by atoms with Crippen LogP contribution in [0.15, 0.2) is 48.9 Å². The Hall–Kier alpha value is -2.33. The van der Waals surface area contributed by atoms with Crippen molar-refractivity contribution in [3.05, 3.63) is 65.9 Å². The molecule has 1 aromatic carbocycles. The Bertz CT molecular complexity index is 722. The van der Waals surface area contributed by atoms with Crippen molar-refractivity contribution < 1.29 is 0 Å². The molecule has 0 saturated heterocycles. The summed E-state index contributed by atoms with van der Waals surface area (Å²) in [6.45, 7) is 1.93. The van der Waals surface area contributed by atoms with E-state index >= 15 is 0 Å². The molecular formula is C16H16N4. The summed E-state index contributed by atoms with van der Waals surface area (Å²) >= 11 is 0. The van der Waals surface area contributed by atoms with Gasteiger partial charge in [-0.05, 0) is 31.7 Å². The van der Waals surface area contributed by atoms with Gasteiger partial charge in [0.15, 0.2) is 0 Å². The van der Waals surface area contributed by atoms with Crippen LogP contribution in [0.3, 0.4) is 0 Å². The Morgan fingerprint density at radius 1 is 1.00 bits per heavy atom. The van der Waals surface area contributed by atoms with E-state index in [4.69, 9.17) is 0 Å². The maximum Gasteiger partial charge on any atom is 0.0802 e. The van der Waals surface area contributed by atoms with Gasteiger partial charge in [-0.15, -0.1) is 0 Å². The van der Waals surface area contributed by atoms with E-state index in [-0.39, 0.29) is 6.04 Å². The fourth-order valence-corrected chi connectivity index (χ4v) is 2.28. The maximum atomic E-state index is 4.50. The lowest BCUT2D eigenvalue weighted by Crippen LogP contribution is -2.19. The molecule has 1 atom stereocenters. The van der Waals surface area contributed by atoms with Gasteiger partial charge in [0.25, 0.3) is 0 Å². The van der Waals surface area contributed by atoms with Crippen molar-refractivity contribution >= 4 is 10.9 Å². The van der Waals surface area contributed by atoms with Crippen LogP contribution < -0.4 is 5.32 Å². The van der Waals surface area contributed by atoms with Crippen LogP contribution in [-0.4, -0.2) is 22.0 Å². The number of nitrogens with zero attached hydrogens (tertiary/aromatic N) is 3. The summed E-state index contributed by atoms with van der Waals surface area (Å²) in [5.41, 5.74) is 3.90. The highest BCUT2D eigenvalue weighted by atomic mass is 14.9. The molecule has 0 bridgehead atoms. The third-order valence-electron chi connectivity index (χ3n) is 3.33. The average Bonchev–Trinajstić information content (AvgIpc) is 2.50. The molecule has 0 saturated carbocycles. The number of pyridine rings is 1. The van der Waals surface area contributed by atoms with Gasteiger partial charge in [-0.3, -0.25) is 15.0 Å². The molecule has 0 amide bonds. The third-order valence-corrected chi connectivity index (χ3v) is 3.33. The highest BCUT2D eigenvalue weighted by molar-refractivity contribution is 5.78. The molecule has 0 radical (unpaired) electrons. The molecule has 2 heterocycles. The second-order valence-electron chi connectivity index (χ2n) is 4.77. The summed E-state index contributed by atoms with van der Waals surface area (Å²) in [6, 6.07) is 10.2. The lowest BCUT2D eigenvalue weighted by atomic mass is 10.0. The van der Waals surface area contributed by atoms with Crippen LogP contribution in [0.4, 0.5) is 0 Å². The van der Waals surface area contributed by atoms with Gasteiger partial charge >= 0.3 is 0 Å². The zero-order valence-corrected chi connectivity index (χ0v) is 11.5. The lowest BCUT2D eigenvalue weighted by molar-refractivity contribution is 0.664. The van der Waals surface area contributed by atoms with Gasteiger partial charge in [0.2, 0.25) is 0 Å². The van der Waals surface area contributed by atoms with E-state index in [0.29, 0.717) is 0 Å². The predicted octanol–water partition coefficient (Wildman–Crippen LogP) is 2.64. The number of rotatable bonds is 3. The van der Waals surface area contributed by atoms with Crippen LogP contribution in [0, 0.1) is 6.92 Å². The first-order chi connectivity index (χ1) is 9.78. The van der Waals surface area contributed by atoms with E-state index in [1.807, 2.05) is 44.6 Å². The molecule has 3 rings (SSSR count). The van der Waals surface area contributed by atoms with Crippen LogP contribution in [0.1, 0.15) is 23.0 Å². The van der Waals surface area contributed by atoms with Crippen LogP contribution in [0.25, 0.3) is 10.9 Å². The molecule has 0 aliphatic heterocycles. The first-order valence-corrected chi connectivity index (χ1v) is 6.58. The maximum absolute atomic E-state index is 4.50. The minimum absolute atomic E-state index is 0.000191. The number of hydrogen-bond acceptors (Lipinski definition) is 4. The molecule has 1 N–H and O–H groups in total. The fraction of sp³-hybridized carbons (Fsp3) is 0.188. The standard InChI is InChI=1S/C16H16N4/c1-11-8-19-15(10-18-11)16(17-2)13-7-12-5-3-4-6-14(12)20-9-13/h3-10,16-17H,1-2H3. The van der Waals surface area contributed by atoms with E-state index < -0.39 is 0 Å². The molecule has 1 unspecified atom stereocenters. The quantitative estimate of drug-likeness (QED) is 0.790. The summed E-state index contributed by atoms with van der Waals surface area (Å²) in [7, 11) is 1.92. The van der Waals surface area contributed by atoms with E-state index in [2.05, 4.69) is 32.4 Å². The molecule has 4 heteroatoms. The summed E-state index contributed by atoms with van der Waals surface area (Å²) in [6.07, 6.45) is 5.49. The SMILES string of the molecule is CNC(c1cnc2ccccc2c1)c1cnc(C)cn1. The van der Waals surface area contributed by atoms with Crippen molar-refractivity contribution in [2.75, 3.05) is 7.05 Å². The largest absolute Gasteiger partial charge is 0.308 e. The molecular weight excluding hydrogens is 248 g/mol. The van der Waals surface area contributed by atoms with Crippen molar-refractivity contribution in [1.29, 1.82) is 0 Å². The first-order valence-electron chi connectivity index (χ1n) is 6.58. The van der Waals surface area contributed by atoms with Crippen molar-refractivity contribution in [2.24, 2.45) is 0 Å². The summed E-state index contributed by atoms with van der Waals surface area (Å²) < 4.78 is 0. The van der Waals surface area contributed by atoms with E-state index in [1.54, 1.807) is 6.20 Å². The highest BCUT2D eigenvalue weighted by Crippen LogP contribution is 2.22. The Labute approximate surface area is 117 Å². The van der Waals surface area contributed by atoms with Crippen molar-refractivity contribution in [3.63, 3.8) is 0 Å². The van der Waals surface area contributed by atoms with Crippen LogP contribution in [-0.2, 0) is 0 Å². The van der Waals surface area contributed by atoms with Gasteiger partial charge in [-0.25, -0.2) is 0 Å². The van der Waals surface area contributed by atoms with E-state index in [0.717, 1.165) is 27.9 Å². The molecule has 3 aromatic rings. The average molecular weight is 264 g/mol. The molecule has 4 nitrogen and oxygen atoms in total. The topological polar surface area (TPSA) is 50.7 Å². The van der Waals surface area contributed by atoms with Crippen molar-refractivity contribution in [2.45, 2.75) is 13.0 Å². The number of benzene rings is 1. The van der Waals surface area contributed by atoms with Gasteiger partial charge in [-0.1, -0.05) is 18.2 Å². The molecule has 0 spiro atoms. The second-order valence-corrected chi connectivity index (χ2v) is 4.77. The summed E-state index contributed by atoms with van der Waals surface area (Å²) in [4.78, 5) is 13.3. The first kappa shape index (κ1) is 12.7. The van der Waals surface area contributed by atoms with Gasteiger partial charge in [0.05, 0.1) is 29.1 Å². The van der Waals surface area contributed by atoms with E-state index in [1.165, 1.54) is 0 Å². The molecule has 0 fully saturated rings. The molecule has 20 heavy (non-hydrogen) atoms. The van der Waals surface area contributed by atoms with Crippen molar-refractivity contribution in [1.82, 2.24) is 20.3 Å². The minimum atomic E-state index is 0.000191. The van der Waals surface area contributed by atoms with Gasteiger partial charge in [0, 0.05) is 17.8 Å². The van der Waals surface area contributed by atoms with Crippen molar-refractivity contribution in [3.8, 4) is 0 Å². The van der Waals surface area contributed by atoms with Crippen LogP contribution in [0.2, 0.25) is 0 Å². The summed E-state index contributed by atoms with van der Waals surface area (Å²) in [5, 5.41) is 4.41. The molecule has 0 aliphatic carbocycles. The van der Waals surface area contributed by atoms with Gasteiger partial charge in [0.1, 0.15) is 0 Å². The minimum Gasteiger partial charge on any atom is -0.308 e. The van der Waals surface area contributed by atoms with Gasteiger partial charge < -0.3 is 5.32 Å². The lowest BCUT2D eigenvalue weighted by Gasteiger charge is -2.16.